The summed E-state index contributed by atoms with van der Waals surface area (Å²) in [6.45, 7) is 3.28. The molecule has 0 aromatic carbocycles. The predicted octanol–water partition coefficient (Wildman–Crippen LogP) is -2.57. The fourth-order valence-corrected chi connectivity index (χ4v) is 2.18. The maximum absolute atomic E-state index is 11.2. The van der Waals surface area contributed by atoms with Crippen molar-refractivity contribution in [2.45, 2.75) is 12.8 Å². The molecule has 0 aliphatic carbocycles. The van der Waals surface area contributed by atoms with Crippen LogP contribution in [0, 0.1) is 5.92 Å². The highest BCUT2D eigenvalue weighted by Gasteiger charge is 2.41. The molecule has 0 amide bonds. The Kier molecular flexibility index (Phi) is 2.26. The number of halogens is 1. The number of quaternary nitrogens is 1. The Morgan fingerprint density at radius 3 is 2.18 bits per heavy atom. The molecule has 0 atom stereocenters. The summed E-state index contributed by atoms with van der Waals surface area (Å²) in [4.78, 5) is 11.2. The van der Waals surface area contributed by atoms with Gasteiger partial charge in [0.1, 0.15) is 6.54 Å². The van der Waals surface area contributed by atoms with E-state index < -0.39 is 0 Å². The summed E-state index contributed by atoms with van der Waals surface area (Å²) >= 11 is 0. The van der Waals surface area contributed by atoms with Crippen LogP contribution in [0.3, 0.4) is 0 Å². The number of rotatable bonds is 0. The molecule has 2 bridgehead atoms. The third-order valence-corrected chi connectivity index (χ3v) is 3.03. The lowest BCUT2D eigenvalue weighted by Gasteiger charge is -2.45. The van der Waals surface area contributed by atoms with Gasteiger partial charge in [-0.25, -0.2) is 0 Å². The summed E-state index contributed by atoms with van der Waals surface area (Å²) in [6, 6.07) is 0. The molecule has 0 saturated carbocycles. The summed E-state index contributed by atoms with van der Waals surface area (Å²) in [5, 5.41) is 0. The normalized spacial score (nSPS) is 41.9. The summed E-state index contributed by atoms with van der Waals surface area (Å²) in [7, 11) is 2.20. The molecule has 2 nitrogen and oxygen atoms in total. The summed E-state index contributed by atoms with van der Waals surface area (Å²) in [6.07, 6.45) is 2.30. The highest BCUT2D eigenvalue weighted by atomic mass is 35.5. The van der Waals surface area contributed by atoms with E-state index in [9.17, 15) is 4.79 Å². The zero-order valence-electron chi connectivity index (χ0n) is 6.85. The Morgan fingerprint density at radius 1 is 1.36 bits per heavy atom. The zero-order chi connectivity index (χ0) is 7.19. The third-order valence-electron chi connectivity index (χ3n) is 3.03. The Morgan fingerprint density at radius 2 is 1.91 bits per heavy atom. The first kappa shape index (κ1) is 9.01. The van der Waals surface area contributed by atoms with E-state index >= 15 is 0 Å². The lowest BCUT2D eigenvalue weighted by Crippen LogP contribution is -3.00. The standard InChI is InChI=1S/C8H14NO.ClH/c1-9-4-2-7(3-5-9)8(10)6-9;/h7H,2-6H2,1H3;1H/q+1;/p-1. The van der Waals surface area contributed by atoms with Gasteiger partial charge in [0.15, 0.2) is 5.78 Å². The molecule has 3 aliphatic rings. The first-order valence-electron chi connectivity index (χ1n) is 4.06. The second-order valence-electron chi connectivity index (χ2n) is 3.97. The minimum absolute atomic E-state index is 0. The average molecular weight is 176 g/mol. The minimum Gasteiger partial charge on any atom is -1.00 e. The van der Waals surface area contributed by atoms with E-state index in [0.29, 0.717) is 11.7 Å². The number of Topliss-reactive ketones (excluding diaryl/α,β-unsaturated/α-hetero) is 1. The van der Waals surface area contributed by atoms with Gasteiger partial charge in [-0.05, 0) is 0 Å². The Hall–Kier alpha value is -0.0800. The Labute approximate surface area is 73.6 Å². The molecule has 0 radical (unpaired) electrons. The van der Waals surface area contributed by atoms with Crippen LogP contribution in [0.2, 0.25) is 0 Å². The number of ketones is 1. The fourth-order valence-electron chi connectivity index (χ4n) is 2.18. The number of carbonyl (C=O) groups excluding carboxylic acids is 1. The highest BCUT2D eigenvalue weighted by Crippen LogP contribution is 2.28. The lowest BCUT2D eigenvalue weighted by molar-refractivity contribution is -0.912. The Bertz CT molecular complexity index is 173. The monoisotopic (exact) mass is 175 g/mol. The third kappa shape index (κ3) is 1.42. The van der Waals surface area contributed by atoms with Gasteiger partial charge in [0, 0.05) is 18.8 Å². The zero-order valence-corrected chi connectivity index (χ0v) is 7.60. The minimum atomic E-state index is 0. The first-order valence-corrected chi connectivity index (χ1v) is 4.06. The van der Waals surface area contributed by atoms with Crippen LogP contribution in [0.15, 0.2) is 0 Å². The van der Waals surface area contributed by atoms with E-state index in [1.54, 1.807) is 0 Å². The van der Waals surface area contributed by atoms with Crippen molar-refractivity contribution in [3.63, 3.8) is 0 Å². The van der Waals surface area contributed by atoms with Gasteiger partial charge in [-0.2, -0.15) is 0 Å². The SMILES string of the molecule is C[N+]12CCC(CC1)C(=O)C2.[Cl-]. The van der Waals surface area contributed by atoms with Gasteiger partial charge in [-0.3, -0.25) is 4.79 Å². The molecule has 3 rings (SSSR count). The summed E-state index contributed by atoms with van der Waals surface area (Å²) in [5.74, 6) is 0.958. The van der Waals surface area contributed by atoms with Gasteiger partial charge in [0.2, 0.25) is 0 Å². The molecule has 0 aromatic heterocycles. The van der Waals surface area contributed by atoms with Crippen LogP contribution in [0.25, 0.3) is 0 Å². The topological polar surface area (TPSA) is 17.1 Å². The van der Waals surface area contributed by atoms with Crippen molar-refractivity contribution >= 4 is 5.78 Å². The van der Waals surface area contributed by atoms with Gasteiger partial charge in [0.05, 0.1) is 20.1 Å². The van der Waals surface area contributed by atoms with E-state index in [2.05, 4.69) is 7.05 Å². The molecule has 3 heterocycles. The van der Waals surface area contributed by atoms with Crippen molar-refractivity contribution in [3.05, 3.63) is 0 Å². The van der Waals surface area contributed by atoms with E-state index in [0.717, 1.165) is 23.9 Å². The molecule has 3 aliphatic heterocycles. The second kappa shape index (κ2) is 2.76. The van der Waals surface area contributed by atoms with Gasteiger partial charge in [-0.1, -0.05) is 0 Å². The summed E-state index contributed by atoms with van der Waals surface area (Å²) < 4.78 is 1.02. The van der Waals surface area contributed by atoms with Gasteiger partial charge in [-0.15, -0.1) is 0 Å². The first-order chi connectivity index (χ1) is 4.70. The van der Waals surface area contributed by atoms with Crippen LogP contribution in [0.5, 0.6) is 0 Å². The maximum Gasteiger partial charge on any atom is 0.190 e. The van der Waals surface area contributed by atoms with Crippen LogP contribution < -0.4 is 12.4 Å². The van der Waals surface area contributed by atoms with Gasteiger partial charge < -0.3 is 16.9 Å². The molecular weight excluding hydrogens is 162 g/mol. The van der Waals surface area contributed by atoms with Crippen LogP contribution in [0.1, 0.15) is 12.8 Å². The second-order valence-corrected chi connectivity index (χ2v) is 3.97. The van der Waals surface area contributed by atoms with E-state index in [1.165, 1.54) is 13.1 Å². The van der Waals surface area contributed by atoms with E-state index in [4.69, 9.17) is 0 Å². The number of fused-ring (bicyclic) bond motifs is 3. The molecule has 0 spiro atoms. The average Bonchev–Trinajstić information content (AvgIpc) is 1.87. The van der Waals surface area contributed by atoms with Crippen LogP contribution in [-0.2, 0) is 4.79 Å². The molecule has 3 heteroatoms. The molecule has 64 valence electrons. The smallest absolute Gasteiger partial charge is 0.190 e. The number of nitrogens with zero attached hydrogens (tertiary/aromatic N) is 1. The van der Waals surface area contributed by atoms with Crippen molar-refractivity contribution < 1.29 is 21.7 Å². The number of likely N-dealkylation sites (N-methyl/N-ethyl adjacent to an activating group) is 1. The summed E-state index contributed by atoms with van der Waals surface area (Å²) in [5.41, 5.74) is 0. The predicted molar refractivity (Wildman–Crippen MR) is 38.5 cm³/mol. The Balaban J connectivity index is 0.000000605. The van der Waals surface area contributed by atoms with Crippen molar-refractivity contribution in [1.82, 2.24) is 0 Å². The highest BCUT2D eigenvalue weighted by molar-refractivity contribution is 5.83. The van der Waals surface area contributed by atoms with Crippen LogP contribution in [0.4, 0.5) is 0 Å². The molecule has 3 saturated heterocycles. The van der Waals surface area contributed by atoms with E-state index in [-0.39, 0.29) is 12.4 Å². The van der Waals surface area contributed by atoms with Crippen molar-refractivity contribution in [2.24, 2.45) is 5.92 Å². The van der Waals surface area contributed by atoms with Crippen molar-refractivity contribution in [1.29, 1.82) is 0 Å². The van der Waals surface area contributed by atoms with Crippen molar-refractivity contribution in [2.75, 3.05) is 26.7 Å². The largest absolute Gasteiger partial charge is 1.00 e. The molecular formula is C8H14ClNO. The molecule has 0 aromatic rings. The van der Waals surface area contributed by atoms with E-state index in [1.807, 2.05) is 0 Å². The maximum atomic E-state index is 11.2. The quantitative estimate of drug-likeness (QED) is 0.370. The molecule has 11 heavy (non-hydrogen) atoms. The van der Waals surface area contributed by atoms with Crippen LogP contribution in [-0.4, -0.2) is 36.9 Å². The number of carbonyl (C=O) groups is 1. The number of piperidine rings is 3. The van der Waals surface area contributed by atoms with Gasteiger partial charge in [0.25, 0.3) is 0 Å². The molecule has 0 N–H and O–H groups in total. The fraction of sp³-hybridized carbons (Fsp3) is 0.875. The molecule has 3 fully saturated rings. The molecule has 0 unspecified atom stereocenters. The number of hydrogen-bond acceptors (Lipinski definition) is 1. The lowest BCUT2D eigenvalue weighted by atomic mass is 9.85. The number of hydrogen-bond donors (Lipinski definition) is 0. The van der Waals surface area contributed by atoms with Crippen molar-refractivity contribution in [3.8, 4) is 0 Å². The van der Waals surface area contributed by atoms with Gasteiger partial charge >= 0.3 is 0 Å². The van der Waals surface area contributed by atoms with Crippen LogP contribution >= 0.6 is 0 Å².